The number of anilines is 1. The van der Waals surface area contributed by atoms with E-state index in [4.69, 9.17) is 16.3 Å². The molecule has 0 heterocycles. The third-order valence-electron chi connectivity index (χ3n) is 2.72. The molecule has 82 valence electrons. The Morgan fingerprint density at radius 1 is 1.47 bits per heavy atom. The van der Waals surface area contributed by atoms with Gasteiger partial charge in [-0.1, -0.05) is 11.6 Å². The molecule has 2 nitrogen and oxygen atoms in total. The predicted molar refractivity (Wildman–Crippen MR) is 66.6 cm³/mol. The largest absolute Gasteiger partial charge is 0.382 e. The van der Waals surface area contributed by atoms with E-state index in [1.165, 1.54) is 0 Å². The van der Waals surface area contributed by atoms with Crippen LogP contribution in [-0.4, -0.2) is 19.3 Å². The third-order valence-corrected chi connectivity index (χ3v) is 3.93. The van der Waals surface area contributed by atoms with Gasteiger partial charge in [0.15, 0.2) is 0 Å². The highest BCUT2D eigenvalue weighted by Gasteiger charge is 2.28. The molecule has 0 radical (unpaired) electrons. The van der Waals surface area contributed by atoms with Crippen LogP contribution in [0.5, 0.6) is 0 Å². The summed E-state index contributed by atoms with van der Waals surface area (Å²) < 4.78 is 6.15. The Balaban J connectivity index is 1.92. The molecule has 1 aromatic carbocycles. The van der Waals surface area contributed by atoms with Crippen LogP contribution >= 0.6 is 27.5 Å². The number of hydrogen-bond acceptors (Lipinski definition) is 2. The summed E-state index contributed by atoms with van der Waals surface area (Å²) in [5, 5.41) is 4.18. The van der Waals surface area contributed by atoms with E-state index >= 15 is 0 Å². The zero-order chi connectivity index (χ0) is 10.8. The molecular weight excluding hydrogens is 277 g/mol. The molecule has 1 aromatic rings. The molecular formula is C11H13BrClNO. The van der Waals surface area contributed by atoms with Gasteiger partial charge in [0, 0.05) is 23.3 Å². The van der Waals surface area contributed by atoms with E-state index in [2.05, 4.69) is 21.2 Å². The van der Waals surface area contributed by atoms with Crippen molar-refractivity contribution < 1.29 is 4.74 Å². The molecule has 0 aromatic heterocycles. The third kappa shape index (κ3) is 2.65. The van der Waals surface area contributed by atoms with E-state index in [0.717, 1.165) is 28.0 Å². The van der Waals surface area contributed by atoms with Crippen molar-refractivity contribution in [2.24, 2.45) is 0 Å². The smallest absolute Gasteiger partial charge is 0.0610 e. The molecule has 1 aliphatic carbocycles. The minimum atomic E-state index is 0.429. The number of rotatable bonds is 3. The molecule has 2 rings (SSSR count). The highest BCUT2D eigenvalue weighted by atomic mass is 79.9. The Labute approximate surface area is 103 Å². The summed E-state index contributed by atoms with van der Waals surface area (Å²) in [6, 6.07) is 6.42. The van der Waals surface area contributed by atoms with E-state index < -0.39 is 0 Å². The minimum absolute atomic E-state index is 0.429. The first kappa shape index (κ1) is 11.2. The minimum Gasteiger partial charge on any atom is -0.382 e. The molecule has 0 spiro atoms. The Hall–Kier alpha value is -0.250. The predicted octanol–water partition coefficient (Wildman–Crippen LogP) is 3.69. The van der Waals surface area contributed by atoms with Crippen molar-refractivity contribution in [2.75, 3.05) is 12.4 Å². The van der Waals surface area contributed by atoms with Gasteiger partial charge in [0.1, 0.15) is 0 Å². The maximum Gasteiger partial charge on any atom is 0.0610 e. The Morgan fingerprint density at radius 3 is 2.80 bits per heavy atom. The standard InChI is InChI=1S/C11H13BrClNO/c1-15-9-4-8(5-9)14-7-2-3-11(13)10(12)6-7/h2-3,6,8-9,14H,4-5H2,1H3. The zero-order valence-electron chi connectivity index (χ0n) is 8.47. The fourth-order valence-electron chi connectivity index (χ4n) is 1.70. The van der Waals surface area contributed by atoms with E-state index in [0.29, 0.717) is 12.1 Å². The van der Waals surface area contributed by atoms with Crippen molar-refractivity contribution in [3.05, 3.63) is 27.7 Å². The van der Waals surface area contributed by atoms with Crippen LogP contribution in [0.2, 0.25) is 5.02 Å². The van der Waals surface area contributed by atoms with Crippen LogP contribution in [0, 0.1) is 0 Å². The van der Waals surface area contributed by atoms with Gasteiger partial charge in [-0.15, -0.1) is 0 Å². The van der Waals surface area contributed by atoms with E-state index in [9.17, 15) is 0 Å². The van der Waals surface area contributed by atoms with Crippen molar-refractivity contribution >= 4 is 33.2 Å². The fourth-order valence-corrected chi connectivity index (χ4v) is 2.19. The van der Waals surface area contributed by atoms with Crippen molar-refractivity contribution in [2.45, 2.75) is 25.0 Å². The highest BCUT2D eigenvalue weighted by Crippen LogP contribution is 2.29. The maximum absolute atomic E-state index is 5.92. The number of ether oxygens (including phenoxy) is 1. The number of hydrogen-bond donors (Lipinski definition) is 1. The number of halogens is 2. The first-order valence-corrected chi connectivity index (χ1v) is 6.10. The first-order chi connectivity index (χ1) is 7.19. The fraction of sp³-hybridized carbons (Fsp3) is 0.455. The second-order valence-corrected chi connectivity index (χ2v) is 5.06. The van der Waals surface area contributed by atoms with E-state index in [1.54, 1.807) is 7.11 Å². The normalized spacial score (nSPS) is 24.7. The monoisotopic (exact) mass is 289 g/mol. The average molecular weight is 291 g/mol. The van der Waals surface area contributed by atoms with Crippen LogP contribution in [0.15, 0.2) is 22.7 Å². The molecule has 0 saturated heterocycles. The highest BCUT2D eigenvalue weighted by molar-refractivity contribution is 9.10. The molecule has 1 fully saturated rings. The lowest BCUT2D eigenvalue weighted by Gasteiger charge is -2.35. The van der Waals surface area contributed by atoms with Crippen LogP contribution < -0.4 is 5.32 Å². The van der Waals surface area contributed by atoms with Gasteiger partial charge in [0.25, 0.3) is 0 Å². The Bertz CT molecular complexity index is 352. The summed E-state index contributed by atoms with van der Waals surface area (Å²) in [6.45, 7) is 0. The van der Waals surface area contributed by atoms with Gasteiger partial charge in [-0.05, 0) is 47.0 Å². The van der Waals surface area contributed by atoms with Gasteiger partial charge in [-0.2, -0.15) is 0 Å². The summed E-state index contributed by atoms with van der Waals surface area (Å²) in [4.78, 5) is 0. The summed E-state index contributed by atoms with van der Waals surface area (Å²) in [6.07, 6.45) is 2.59. The van der Waals surface area contributed by atoms with E-state index in [1.807, 2.05) is 18.2 Å². The van der Waals surface area contributed by atoms with Gasteiger partial charge in [0.05, 0.1) is 11.1 Å². The summed E-state index contributed by atoms with van der Waals surface area (Å²) in [5.74, 6) is 0. The van der Waals surface area contributed by atoms with Crippen molar-refractivity contribution in [3.63, 3.8) is 0 Å². The van der Waals surface area contributed by atoms with Gasteiger partial charge in [-0.25, -0.2) is 0 Å². The van der Waals surface area contributed by atoms with Gasteiger partial charge in [-0.3, -0.25) is 0 Å². The molecule has 0 amide bonds. The number of methoxy groups -OCH3 is 1. The van der Waals surface area contributed by atoms with Gasteiger partial charge >= 0.3 is 0 Å². The molecule has 15 heavy (non-hydrogen) atoms. The summed E-state index contributed by atoms with van der Waals surface area (Å²) in [5.41, 5.74) is 1.10. The summed E-state index contributed by atoms with van der Waals surface area (Å²) in [7, 11) is 1.76. The van der Waals surface area contributed by atoms with E-state index in [-0.39, 0.29) is 0 Å². The van der Waals surface area contributed by atoms with Crippen LogP contribution in [0.3, 0.4) is 0 Å². The van der Waals surface area contributed by atoms with Gasteiger partial charge < -0.3 is 10.1 Å². The lowest BCUT2D eigenvalue weighted by atomic mass is 9.89. The Morgan fingerprint density at radius 2 is 2.20 bits per heavy atom. The van der Waals surface area contributed by atoms with Crippen LogP contribution in [0.4, 0.5) is 5.69 Å². The quantitative estimate of drug-likeness (QED) is 0.916. The molecule has 0 bridgehead atoms. The topological polar surface area (TPSA) is 21.3 Å². The second-order valence-electron chi connectivity index (χ2n) is 3.80. The Kier molecular flexibility index (Phi) is 3.54. The first-order valence-electron chi connectivity index (χ1n) is 4.93. The van der Waals surface area contributed by atoms with Crippen LogP contribution in [0.25, 0.3) is 0 Å². The molecule has 0 aliphatic heterocycles. The SMILES string of the molecule is COC1CC(Nc2ccc(Cl)c(Br)c2)C1. The maximum atomic E-state index is 5.92. The molecule has 1 N–H and O–H groups in total. The molecule has 0 unspecified atom stereocenters. The zero-order valence-corrected chi connectivity index (χ0v) is 10.8. The average Bonchev–Trinajstić information content (AvgIpc) is 2.16. The van der Waals surface area contributed by atoms with Gasteiger partial charge in [0.2, 0.25) is 0 Å². The number of nitrogens with one attached hydrogen (secondary N) is 1. The number of benzene rings is 1. The molecule has 0 atom stereocenters. The van der Waals surface area contributed by atoms with Crippen molar-refractivity contribution in [1.29, 1.82) is 0 Å². The summed E-state index contributed by atoms with van der Waals surface area (Å²) >= 11 is 9.32. The molecule has 4 heteroatoms. The van der Waals surface area contributed by atoms with Crippen molar-refractivity contribution in [3.8, 4) is 0 Å². The van der Waals surface area contributed by atoms with Crippen molar-refractivity contribution in [1.82, 2.24) is 0 Å². The lowest BCUT2D eigenvalue weighted by Crippen LogP contribution is -2.40. The molecule has 1 aliphatic rings. The van der Waals surface area contributed by atoms with Crippen LogP contribution in [0.1, 0.15) is 12.8 Å². The second kappa shape index (κ2) is 4.73. The molecule has 1 saturated carbocycles. The van der Waals surface area contributed by atoms with Crippen LogP contribution in [-0.2, 0) is 4.74 Å². The lowest BCUT2D eigenvalue weighted by molar-refractivity contribution is 0.0329.